The van der Waals surface area contributed by atoms with Crippen LogP contribution < -0.4 is 4.74 Å². The summed E-state index contributed by atoms with van der Waals surface area (Å²) in [6.45, 7) is 0. The zero-order valence-electron chi connectivity index (χ0n) is 10.3. The van der Waals surface area contributed by atoms with Crippen LogP contribution in [0.4, 0.5) is 8.78 Å². The lowest BCUT2D eigenvalue weighted by atomic mass is 10.0. The van der Waals surface area contributed by atoms with Gasteiger partial charge in [0.15, 0.2) is 0 Å². The number of hydrogen-bond donors (Lipinski definition) is 1. The largest absolute Gasteiger partial charge is 0.481 e. The van der Waals surface area contributed by atoms with E-state index >= 15 is 0 Å². The van der Waals surface area contributed by atoms with Crippen LogP contribution in [-0.2, 0) is 6.42 Å². The van der Waals surface area contributed by atoms with Gasteiger partial charge in [-0.3, -0.25) is 0 Å². The van der Waals surface area contributed by atoms with Gasteiger partial charge in [-0.1, -0.05) is 12.1 Å². The molecule has 0 radical (unpaired) electrons. The normalized spacial score (nSPS) is 12.2. The van der Waals surface area contributed by atoms with Crippen molar-refractivity contribution >= 4 is 0 Å². The third-order valence-corrected chi connectivity index (χ3v) is 2.75. The lowest BCUT2D eigenvalue weighted by Crippen LogP contribution is -2.07. The molecule has 0 saturated heterocycles. The topological polar surface area (TPSA) is 42.4 Å². The molecule has 1 aromatic carbocycles. The maximum atomic E-state index is 13.5. The highest BCUT2D eigenvalue weighted by molar-refractivity contribution is 5.23. The van der Waals surface area contributed by atoms with Crippen molar-refractivity contribution in [3.63, 3.8) is 0 Å². The Morgan fingerprint density at radius 2 is 1.79 bits per heavy atom. The van der Waals surface area contributed by atoms with E-state index in [0.717, 1.165) is 12.1 Å². The fraction of sp³-hybridized carbons (Fsp3) is 0.214. The number of aromatic nitrogens is 1. The summed E-state index contributed by atoms with van der Waals surface area (Å²) in [5.74, 6) is -1.02. The Morgan fingerprint density at radius 3 is 2.42 bits per heavy atom. The first-order valence-electron chi connectivity index (χ1n) is 5.73. The number of ether oxygens (including phenoxy) is 1. The average molecular weight is 265 g/mol. The summed E-state index contributed by atoms with van der Waals surface area (Å²) in [5, 5.41) is 9.99. The zero-order valence-corrected chi connectivity index (χ0v) is 10.3. The lowest BCUT2D eigenvalue weighted by molar-refractivity contribution is 0.169. The van der Waals surface area contributed by atoms with E-state index in [4.69, 9.17) is 4.74 Å². The summed E-state index contributed by atoms with van der Waals surface area (Å²) in [5.41, 5.74) is 0.154. The van der Waals surface area contributed by atoms with Gasteiger partial charge in [-0.25, -0.2) is 13.8 Å². The third kappa shape index (κ3) is 3.06. The molecule has 0 amide bonds. The summed E-state index contributed by atoms with van der Waals surface area (Å²) in [4.78, 5) is 4.03. The van der Waals surface area contributed by atoms with Gasteiger partial charge in [0, 0.05) is 18.1 Å². The van der Waals surface area contributed by atoms with Crippen molar-refractivity contribution in [1.29, 1.82) is 0 Å². The van der Waals surface area contributed by atoms with E-state index in [0.29, 0.717) is 11.6 Å². The zero-order chi connectivity index (χ0) is 13.8. The first kappa shape index (κ1) is 13.4. The van der Waals surface area contributed by atoms with Gasteiger partial charge in [0.05, 0.1) is 12.8 Å². The van der Waals surface area contributed by atoms with Crippen molar-refractivity contribution in [3.8, 4) is 5.88 Å². The first-order chi connectivity index (χ1) is 9.11. The second-order valence-corrected chi connectivity index (χ2v) is 4.02. The molecule has 0 spiro atoms. The Labute approximate surface area is 109 Å². The summed E-state index contributed by atoms with van der Waals surface area (Å²) in [6, 6.07) is 8.45. The van der Waals surface area contributed by atoms with E-state index in [1.54, 1.807) is 18.2 Å². The molecule has 0 aliphatic carbocycles. The molecule has 0 saturated carbocycles. The quantitative estimate of drug-likeness (QED) is 0.924. The van der Waals surface area contributed by atoms with E-state index in [1.807, 2.05) is 0 Å². The number of methoxy groups -OCH3 is 1. The monoisotopic (exact) mass is 265 g/mol. The molecule has 0 aliphatic rings. The molecule has 1 heterocycles. The van der Waals surface area contributed by atoms with Gasteiger partial charge in [-0.15, -0.1) is 0 Å². The molecule has 1 N–H and O–H groups in total. The second-order valence-electron chi connectivity index (χ2n) is 4.02. The predicted molar refractivity (Wildman–Crippen MR) is 65.8 cm³/mol. The van der Waals surface area contributed by atoms with Crippen LogP contribution in [0, 0.1) is 11.6 Å². The molecule has 1 unspecified atom stereocenters. The molecule has 5 heteroatoms. The minimum Gasteiger partial charge on any atom is -0.481 e. The van der Waals surface area contributed by atoms with Crippen molar-refractivity contribution in [2.45, 2.75) is 12.5 Å². The standard InChI is InChI=1S/C14H13F2NO2/c1-19-14-7-3-6-12(17-14)13(18)8-9-10(15)4-2-5-11(9)16/h2-7,13,18H,8H2,1H3. The Hall–Kier alpha value is -2.01. The Morgan fingerprint density at radius 1 is 1.16 bits per heavy atom. The smallest absolute Gasteiger partial charge is 0.213 e. The highest BCUT2D eigenvalue weighted by atomic mass is 19.1. The molecular formula is C14H13F2NO2. The van der Waals surface area contributed by atoms with Crippen molar-refractivity contribution in [3.05, 3.63) is 59.3 Å². The van der Waals surface area contributed by atoms with E-state index in [1.165, 1.54) is 13.2 Å². The fourth-order valence-electron chi connectivity index (χ4n) is 1.76. The minimum atomic E-state index is -1.10. The first-order valence-corrected chi connectivity index (χ1v) is 5.73. The SMILES string of the molecule is COc1cccc(C(O)Cc2c(F)cccc2F)n1. The van der Waals surface area contributed by atoms with Crippen molar-refractivity contribution < 1.29 is 18.6 Å². The second kappa shape index (κ2) is 5.75. The van der Waals surface area contributed by atoms with Crippen LogP contribution in [-0.4, -0.2) is 17.2 Å². The summed E-state index contributed by atoms with van der Waals surface area (Å²) < 4.78 is 31.9. The fourth-order valence-corrected chi connectivity index (χ4v) is 1.76. The average Bonchev–Trinajstić information content (AvgIpc) is 2.43. The van der Waals surface area contributed by atoms with Crippen LogP contribution in [0.5, 0.6) is 5.88 Å². The summed E-state index contributed by atoms with van der Waals surface area (Å²) in [6.07, 6.45) is -1.28. The van der Waals surface area contributed by atoms with E-state index in [-0.39, 0.29) is 12.0 Å². The number of pyridine rings is 1. The number of halogens is 2. The maximum absolute atomic E-state index is 13.5. The molecule has 1 atom stereocenters. The number of aliphatic hydroxyl groups is 1. The van der Waals surface area contributed by atoms with Gasteiger partial charge in [0.1, 0.15) is 17.7 Å². The molecule has 2 aromatic rings. The number of rotatable bonds is 4. The molecule has 0 aliphatic heterocycles. The molecule has 100 valence electrons. The highest BCUT2D eigenvalue weighted by Gasteiger charge is 2.16. The maximum Gasteiger partial charge on any atom is 0.213 e. The number of nitrogens with zero attached hydrogens (tertiary/aromatic N) is 1. The van der Waals surface area contributed by atoms with Gasteiger partial charge in [-0.05, 0) is 18.2 Å². The van der Waals surface area contributed by atoms with E-state index < -0.39 is 17.7 Å². The van der Waals surface area contributed by atoms with E-state index in [9.17, 15) is 13.9 Å². The number of hydrogen-bond acceptors (Lipinski definition) is 3. The molecule has 0 bridgehead atoms. The van der Waals surface area contributed by atoms with Crippen LogP contribution in [0.25, 0.3) is 0 Å². The molecule has 2 rings (SSSR count). The van der Waals surface area contributed by atoms with Crippen LogP contribution in [0.15, 0.2) is 36.4 Å². The van der Waals surface area contributed by atoms with Gasteiger partial charge < -0.3 is 9.84 Å². The lowest BCUT2D eigenvalue weighted by Gasteiger charge is -2.12. The van der Waals surface area contributed by atoms with Crippen LogP contribution in [0.2, 0.25) is 0 Å². The molecule has 1 aromatic heterocycles. The Balaban J connectivity index is 2.23. The van der Waals surface area contributed by atoms with Gasteiger partial charge in [-0.2, -0.15) is 0 Å². The molecule has 0 fully saturated rings. The van der Waals surface area contributed by atoms with Gasteiger partial charge in [0.25, 0.3) is 0 Å². The van der Waals surface area contributed by atoms with Crippen molar-refractivity contribution in [1.82, 2.24) is 4.98 Å². The summed E-state index contributed by atoms with van der Waals surface area (Å²) >= 11 is 0. The molecule has 19 heavy (non-hydrogen) atoms. The number of benzene rings is 1. The van der Waals surface area contributed by atoms with Gasteiger partial charge >= 0.3 is 0 Å². The highest BCUT2D eigenvalue weighted by Crippen LogP contribution is 2.22. The van der Waals surface area contributed by atoms with Crippen molar-refractivity contribution in [2.75, 3.05) is 7.11 Å². The summed E-state index contributed by atoms with van der Waals surface area (Å²) in [7, 11) is 1.45. The predicted octanol–water partition coefficient (Wildman–Crippen LogP) is 2.64. The van der Waals surface area contributed by atoms with Crippen LogP contribution in [0.3, 0.4) is 0 Å². The van der Waals surface area contributed by atoms with Crippen LogP contribution in [0.1, 0.15) is 17.4 Å². The molecular weight excluding hydrogens is 252 g/mol. The minimum absolute atomic E-state index is 0.153. The number of aliphatic hydroxyl groups excluding tert-OH is 1. The Kier molecular flexibility index (Phi) is 4.06. The Bertz CT molecular complexity index is 555. The third-order valence-electron chi connectivity index (χ3n) is 2.75. The van der Waals surface area contributed by atoms with Crippen LogP contribution >= 0.6 is 0 Å². The van der Waals surface area contributed by atoms with Gasteiger partial charge in [0.2, 0.25) is 5.88 Å². The van der Waals surface area contributed by atoms with E-state index in [2.05, 4.69) is 4.98 Å². The molecule has 3 nitrogen and oxygen atoms in total. The van der Waals surface area contributed by atoms with Crippen molar-refractivity contribution in [2.24, 2.45) is 0 Å².